The highest BCUT2D eigenvalue weighted by molar-refractivity contribution is 5.29. The van der Waals surface area contributed by atoms with Gasteiger partial charge in [-0.2, -0.15) is 0 Å². The van der Waals surface area contributed by atoms with Gasteiger partial charge in [0.05, 0.1) is 5.69 Å². The van der Waals surface area contributed by atoms with Crippen LogP contribution in [0.4, 0.5) is 5.95 Å². The summed E-state index contributed by atoms with van der Waals surface area (Å²) in [5, 5.41) is 0. The molecule has 4 heteroatoms. The first-order valence-corrected chi connectivity index (χ1v) is 3.80. The van der Waals surface area contributed by atoms with Crippen molar-refractivity contribution < 1.29 is 0 Å². The van der Waals surface area contributed by atoms with E-state index in [1.54, 1.807) is 0 Å². The van der Waals surface area contributed by atoms with Gasteiger partial charge in [0.2, 0.25) is 5.95 Å². The number of imidazole rings is 1. The van der Waals surface area contributed by atoms with E-state index in [-0.39, 0.29) is 0 Å². The van der Waals surface area contributed by atoms with Gasteiger partial charge < -0.3 is 4.98 Å². The Balaban J connectivity index is 2.79. The standard InChI is InChI=1S/C7H14N4/c1-3-4-6-5(2)9-7(10-6)11-8/h3-4,8H2,1-2H3,(H2,9,10,11). The SMILES string of the molecule is CCCc1nc(NN)[nH]c1C. The van der Waals surface area contributed by atoms with E-state index in [2.05, 4.69) is 22.3 Å². The molecular formula is C7H14N4. The Labute approximate surface area is 66.2 Å². The van der Waals surface area contributed by atoms with E-state index in [1.165, 1.54) is 0 Å². The summed E-state index contributed by atoms with van der Waals surface area (Å²) in [5.41, 5.74) is 4.67. The van der Waals surface area contributed by atoms with Crippen LogP contribution in [-0.4, -0.2) is 9.97 Å². The number of H-pyrrole nitrogens is 1. The van der Waals surface area contributed by atoms with Crippen molar-refractivity contribution in [2.24, 2.45) is 5.84 Å². The minimum absolute atomic E-state index is 0.644. The maximum atomic E-state index is 5.18. The van der Waals surface area contributed by atoms with Gasteiger partial charge in [0.25, 0.3) is 0 Å². The average molecular weight is 154 g/mol. The fourth-order valence-electron chi connectivity index (χ4n) is 1.05. The van der Waals surface area contributed by atoms with Crippen molar-refractivity contribution in [1.82, 2.24) is 9.97 Å². The molecule has 1 aromatic heterocycles. The number of anilines is 1. The van der Waals surface area contributed by atoms with Gasteiger partial charge in [0.15, 0.2) is 0 Å². The molecule has 11 heavy (non-hydrogen) atoms. The lowest BCUT2D eigenvalue weighted by Gasteiger charge is -1.90. The first kappa shape index (κ1) is 8.07. The van der Waals surface area contributed by atoms with Crippen molar-refractivity contribution in [1.29, 1.82) is 0 Å². The third kappa shape index (κ3) is 1.71. The fraction of sp³-hybridized carbons (Fsp3) is 0.571. The Morgan fingerprint density at radius 3 is 2.82 bits per heavy atom. The van der Waals surface area contributed by atoms with Crippen LogP contribution in [0.25, 0.3) is 0 Å². The third-order valence-electron chi connectivity index (χ3n) is 1.61. The molecule has 1 rings (SSSR count). The molecule has 1 heterocycles. The molecule has 0 aliphatic heterocycles. The second-order valence-electron chi connectivity index (χ2n) is 2.55. The molecule has 0 fully saturated rings. The molecule has 0 aromatic carbocycles. The predicted octanol–water partition coefficient (Wildman–Crippen LogP) is 0.956. The molecule has 0 unspecified atom stereocenters. The topological polar surface area (TPSA) is 66.7 Å². The van der Waals surface area contributed by atoms with Crippen molar-refractivity contribution in [2.45, 2.75) is 26.7 Å². The van der Waals surface area contributed by atoms with Crippen LogP contribution in [0.15, 0.2) is 0 Å². The molecule has 0 spiro atoms. The van der Waals surface area contributed by atoms with Crippen LogP contribution in [-0.2, 0) is 6.42 Å². The van der Waals surface area contributed by atoms with Crippen LogP contribution in [0.2, 0.25) is 0 Å². The highest BCUT2D eigenvalue weighted by Gasteiger charge is 2.02. The number of hydrogen-bond donors (Lipinski definition) is 3. The monoisotopic (exact) mass is 154 g/mol. The summed E-state index contributed by atoms with van der Waals surface area (Å²) < 4.78 is 0. The molecule has 4 N–H and O–H groups in total. The maximum absolute atomic E-state index is 5.18. The number of aromatic amines is 1. The van der Waals surface area contributed by atoms with E-state index in [0.29, 0.717) is 5.95 Å². The highest BCUT2D eigenvalue weighted by atomic mass is 15.3. The van der Waals surface area contributed by atoms with Crippen molar-refractivity contribution in [3.05, 3.63) is 11.4 Å². The number of hydrogen-bond acceptors (Lipinski definition) is 3. The Kier molecular flexibility index (Phi) is 2.48. The van der Waals surface area contributed by atoms with Crippen LogP contribution in [0.3, 0.4) is 0 Å². The summed E-state index contributed by atoms with van der Waals surface area (Å²) in [6.45, 7) is 4.13. The number of nitrogen functional groups attached to an aromatic ring is 1. The van der Waals surface area contributed by atoms with Gasteiger partial charge in [0, 0.05) is 5.69 Å². The molecule has 4 nitrogen and oxygen atoms in total. The number of nitrogens with one attached hydrogen (secondary N) is 2. The summed E-state index contributed by atoms with van der Waals surface area (Å²) in [6, 6.07) is 0. The Hall–Kier alpha value is -1.03. The number of hydrazine groups is 1. The zero-order valence-corrected chi connectivity index (χ0v) is 6.94. The summed E-state index contributed by atoms with van der Waals surface area (Å²) in [5.74, 6) is 5.83. The second kappa shape index (κ2) is 3.39. The first-order valence-electron chi connectivity index (χ1n) is 3.80. The summed E-state index contributed by atoms with van der Waals surface area (Å²) in [4.78, 5) is 7.26. The van der Waals surface area contributed by atoms with Crippen molar-refractivity contribution in [3.63, 3.8) is 0 Å². The third-order valence-corrected chi connectivity index (χ3v) is 1.61. The van der Waals surface area contributed by atoms with Crippen molar-refractivity contribution in [2.75, 3.05) is 5.43 Å². The van der Waals surface area contributed by atoms with E-state index in [1.807, 2.05) is 6.92 Å². The Morgan fingerprint density at radius 2 is 2.36 bits per heavy atom. The van der Waals surface area contributed by atoms with E-state index in [4.69, 9.17) is 5.84 Å². The lowest BCUT2D eigenvalue weighted by molar-refractivity contribution is 0.882. The Morgan fingerprint density at radius 1 is 1.64 bits per heavy atom. The molecule has 62 valence electrons. The minimum Gasteiger partial charge on any atom is -0.327 e. The van der Waals surface area contributed by atoms with E-state index in [0.717, 1.165) is 24.2 Å². The Bertz CT molecular complexity index is 228. The molecule has 0 aliphatic rings. The molecule has 1 aromatic rings. The van der Waals surface area contributed by atoms with Crippen LogP contribution in [0, 0.1) is 6.92 Å². The molecule has 0 bridgehead atoms. The zero-order valence-electron chi connectivity index (χ0n) is 6.94. The first-order chi connectivity index (χ1) is 5.27. The fourth-order valence-corrected chi connectivity index (χ4v) is 1.05. The number of aryl methyl sites for hydroxylation is 2. The average Bonchev–Trinajstić information content (AvgIpc) is 2.33. The number of rotatable bonds is 3. The number of nitrogens with two attached hydrogens (primary N) is 1. The van der Waals surface area contributed by atoms with Gasteiger partial charge in [-0.3, -0.25) is 5.43 Å². The smallest absolute Gasteiger partial charge is 0.215 e. The molecule has 0 amide bonds. The molecule has 0 atom stereocenters. The van der Waals surface area contributed by atoms with Gasteiger partial charge in [-0.1, -0.05) is 13.3 Å². The van der Waals surface area contributed by atoms with Gasteiger partial charge in [-0.05, 0) is 13.3 Å². The maximum Gasteiger partial charge on any atom is 0.215 e. The lowest BCUT2D eigenvalue weighted by Crippen LogP contribution is -2.08. The minimum atomic E-state index is 0.644. The van der Waals surface area contributed by atoms with Gasteiger partial charge in [0.1, 0.15) is 0 Å². The lowest BCUT2D eigenvalue weighted by atomic mass is 10.2. The van der Waals surface area contributed by atoms with Crippen LogP contribution < -0.4 is 11.3 Å². The summed E-state index contributed by atoms with van der Waals surface area (Å²) >= 11 is 0. The second-order valence-corrected chi connectivity index (χ2v) is 2.55. The van der Waals surface area contributed by atoms with Gasteiger partial charge >= 0.3 is 0 Å². The van der Waals surface area contributed by atoms with Crippen LogP contribution >= 0.6 is 0 Å². The van der Waals surface area contributed by atoms with Crippen molar-refractivity contribution >= 4 is 5.95 Å². The molecular weight excluding hydrogens is 140 g/mol. The molecule has 0 radical (unpaired) electrons. The molecule has 0 saturated heterocycles. The largest absolute Gasteiger partial charge is 0.327 e. The molecule has 0 aliphatic carbocycles. The predicted molar refractivity (Wildman–Crippen MR) is 45.1 cm³/mol. The number of aromatic nitrogens is 2. The highest BCUT2D eigenvalue weighted by Crippen LogP contribution is 2.09. The van der Waals surface area contributed by atoms with Crippen LogP contribution in [0.1, 0.15) is 24.7 Å². The van der Waals surface area contributed by atoms with Crippen LogP contribution in [0.5, 0.6) is 0 Å². The summed E-state index contributed by atoms with van der Waals surface area (Å²) in [6.07, 6.45) is 2.11. The van der Waals surface area contributed by atoms with Gasteiger partial charge in [-0.25, -0.2) is 10.8 Å². The van der Waals surface area contributed by atoms with Gasteiger partial charge in [-0.15, -0.1) is 0 Å². The quantitative estimate of drug-likeness (QED) is 0.448. The van der Waals surface area contributed by atoms with Crippen molar-refractivity contribution in [3.8, 4) is 0 Å². The zero-order chi connectivity index (χ0) is 8.27. The molecule has 0 saturated carbocycles. The normalized spacial score (nSPS) is 10.1. The summed E-state index contributed by atoms with van der Waals surface area (Å²) in [7, 11) is 0. The van der Waals surface area contributed by atoms with E-state index < -0.39 is 0 Å². The van der Waals surface area contributed by atoms with E-state index >= 15 is 0 Å². The number of nitrogens with zero attached hydrogens (tertiary/aromatic N) is 1. The van der Waals surface area contributed by atoms with E-state index in [9.17, 15) is 0 Å².